The molecule has 1 aromatic rings. The van der Waals surface area contributed by atoms with E-state index in [-0.39, 0.29) is 0 Å². The topological polar surface area (TPSA) is 69.4 Å². The van der Waals surface area contributed by atoms with Gasteiger partial charge in [0.25, 0.3) is 0 Å². The maximum absolute atomic E-state index is 5.95. The third-order valence-electron chi connectivity index (χ3n) is 4.60. The zero-order valence-electron chi connectivity index (χ0n) is 12.3. The van der Waals surface area contributed by atoms with Crippen molar-refractivity contribution in [3.63, 3.8) is 0 Å². The Kier molecular flexibility index (Phi) is 3.37. The predicted octanol–water partition coefficient (Wildman–Crippen LogP) is 2.43. The summed E-state index contributed by atoms with van der Waals surface area (Å²) in [7, 11) is 0. The van der Waals surface area contributed by atoms with Crippen molar-refractivity contribution < 1.29 is 9.47 Å². The maximum atomic E-state index is 5.95. The molecule has 5 nitrogen and oxygen atoms in total. The second-order valence-corrected chi connectivity index (χ2v) is 6.56. The van der Waals surface area contributed by atoms with Crippen molar-refractivity contribution in [1.82, 2.24) is 4.98 Å². The normalized spacial score (nSPS) is 28.6. The monoisotopic (exact) mass is 289 g/mol. The summed E-state index contributed by atoms with van der Waals surface area (Å²) in [4.78, 5) is 4.54. The standard InChI is InChI=1S/C16H23N3O2/c17-12-5-6-14(19-16(12)21-9-10-1-2-10)18-13-7-8-20-15(13)11-3-4-11/h5-6,10-11,13,15H,1-4,7-9,17H2,(H,18,19). The Morgan fingerprint density at radius 2 is 2.10 bits per heavy atom. The molecule has 1 aliphatic heterocycles. The SMILES string of the molecule is Nc1ccc(NC2CCOC2C2CC2)nc1OCC1CC1. The summed E-state index contributed by atoms with van der Waals surface area (Å²) in [5, 5.41) is 3.51. The quantitative estimate of drug-likeness (QED) is 0.841. The first-order valence-electron chi connectivity index (χ1n) is 8.07. The minimum absolute atomic E-state index is 0.347. The number of ether oxygens (including phenoxy) is 2. The molecule has 2 saturated carbocycles. The van der Waals surface area contributed by atoms with Crippen molar-refractivity contribution in [3.05, 3.63) is 12.1 Å². The van der Waals surface area contributed by atoms with Crippen LogP contribution in [0.25, 0.3) is 0 Å². The molecule has 1 aromatic heterocycles. The fourth-order valence-electron chi connectivity index (χ4n) is 2.97. The zero-order chi connectivity index (χ0) is 14.2. The van der Waals surface area contributed by atoms with Gasteiger partial charge in [0.2, 0.25) is 5.88 Å². The Hall–Kier alpha value is -1.49. The Morgan fingerprint density at radius 3 is 2.86 bits per heavy atom. The molecule has 3 aliphatic rings. The van der Waals surface area contributed by atoms with Crippen LogP contribution in [-0.2, 0) is 4.74 Å². The van der Waals surface area contributed by atoms with Gasteiger partial charge in [-0.2, -0.15) is 4.98 Å². The molecule has 2 heterocycles. The maximum Gasteiger partial charge on any atom is 0.239 e. The summed E-state index contributed by atoms with van der Waals surface area (Å²) >= 11 is 0. The van der Waals surface area contributed by atoms with Gasteiger partial charge in [0.15, 0.2) is 0 Å². The van der Waals surface area contributed by atoms with Crippen LogP contribution in [0.5, 0.6) is 5.88 Å². The predicted molar refractivity (Wildman–Crippen MR) is 81.4 cm³/mol. The van der Waals surface area contributed by atoms with Crippen LogP contribution in [-0.4, -0.2) is 30.3 Å². The minimum Gasteiger partial charge on any atom is -0.476 e. The zero-order valence-corrected chi connectivity index (χ0v) is 12.3. The number of nitrogens with one attached hydrogen (secondary N) is 1. The van der Waals surface area contributed by atoms with Crippen molar-refractivity contribution >= 4 is 11.5 Å². The number of aromatic nitrogens is 1. The van der Waals surface area contributed by atoms with E-state index in [0.717, 1.165) is 31.4 Å². The Bertz CT molecular complexity index is 514. The summed E-state index contributed by atoms with van der Waals surface area (Å²) in [6.45, 7) is 1.58. The molecule has 114 valence electrons. The lowest BCUT2D eigenvalue weighted by Gasteiger charge is -2.20. The third kappa shape index (κ3) is 3.07. The van der Waals surface area contributed by atoms with Gasteiger partial charge < -0.3 is 20.5 Å². The molecule has 0 amide bonds. The fourth-order valence-corrected chi connectivity index (χ4v) is 2.97. The number of hydrogen-bond acceptors (Lipinski definition) is 5. The largest absolute Gasteiger partial charge is 0.476 e. The second-order valence-electron chi connectivity index (χ2n) is 6.56. The highest BCUT2D eigenvalue weighted by Crippen LogP contribution is 2.39. The van der Waals surface area contributed by atoms with Gasteiger partial charge in [0, 0.05) is 6.61 Å². The molecule has 2 aliphatic carbocycles. The van der Waals surface area contributed by atoms with Gasteiger partial charge in [-0.15, -0.1) is 0 Å². The molecule has 5 heteroatoms. The number of nitrogens with zero attached hydrogens (tertiary/aromatic N) is 1. The van der Waals surface area contributed by atoms with Gasteiger partial charge in [0.1, 0.15) is 5.82 Å². The highest BCUT2D eigenvalue weighted by atomic mass is 16.5. The number of pyridine rings is 1. The highest BCUT2D eigenvalue weighted by Gasteiger charge is 2.40. The van der Waals surface area contributed by atoms with Crippen LogP contribution in [0.2, 0.25) is 0 Å². The van der Waals surface area contributed by atoms with E-state index in [2.05, 4.69) is 10.3 Å². The molecular formula is C16H23N3O2. The summed E-state index contributed by atoms with van der Waals surface area (Å²) in [6, 6.07) is 4.17. The first kappa shape index (κ1) is 13.2. The van der Waals surface area contributed by atoms with Crippen molar-refractivity contribution in [2.24, 2.45) is 11.8 Å². The average Bonchev–Trinajstić information content (AvgIpc) is 3.40. The minimum atomic E-state index is 0.347. The number of anilines is 2. The molecule has 0 aromatic carbocycles. The molecule has 4 rings (SSSR count). The number of rotatable bonds is 6. The highest BCUT2D eigenvalue weighted by molar-refractivity contribution is 5.54. The lowest BCUT2D eigenvalue weighted by molar-refractivity contribution is 0.0898. The number of hydrogen-bond donors (Lipinski definition) is 2. The van der Waals surface area contributed by atoms with E-state index in [9.17, 15) is 0 Å². The van der Waals surface area contributed by atoms with Crippen LogP contribution in [0.15, 0.2) is 12.1 Å². The van der Waals surface area contributed by atoms with E-state index in [4.69, 9.17) is 15.2 Å². The van der Waals surface area contributed by atoms with Crippen molar-refractivity contribution in [1.29, 1.82) is 0 Å². The average molecular weight is 289 g/mol. The van der Waals surface area contributed by atoms with Crippen LogP contribution in [0.4, 0.5) is 11.5 Å². The molecular weight excluding hydrogens is 266 g/mol. The summed E-state index contributed by atoms with van der Waals surface area (Å²) in [6.07, 6.45) is 6.52. The van der Waals surface area contributed by atoms with Crippen molar-refractivity contribution in [3.8, 4) is 5.88 Å². The van der Waals surface area contributed by atoms with Gasteiger partial charge in [-0.1, -0.05) is 0 Å². The Balaban J connectivity index is 1.42. The molecule has 3 fully saturated rings. The van der Waals surface area contributed by atoms with Crippen molar-refractivity contribution in [2.45, 2.75) is 44.2 Å². The first-order chi connectivity index (χ1) is 10.3. The van der Waals surface area contributed by atoms with E-state index >= 15 is 0 Å². The van der Waals surface area contributed by atoms with Crippen LogP contribution in [0.3, 0.4) is 0 Å². The van der Waals surface area contributed by atoms with Crippen LogP contribution in [0.1, 0.15) is 32.1 Å². The van der Waals surface area contributed by atoms with E-state index in [1.165, 1.54) is 25.7 Å². The third-order valence-corrected chi connectivity index (χ3v) is 4.60. The smallest absolute Gasteiger partial charge is 0.239 e. The van der Waals surface area contributed by atoms with Crippen LogP contribution >= 0.6 is 0 Å². The molecule has 2 atom stereocenters. The van der Waals surface area contributed by atoms with Gasteiger partial charge in [-0.05, 0) is 56.1 Å². The Labute approximate surface area is 125 Å². The molecule has 21 heavy (non-hydrogen) atoms. The number of nitrogen functional groups attached to an aromatic ring is 1. The number of nitrogens with two attached hydrogens (primary N) is 1. The summed E-state index contributed by atoms with van der Waals surface area (Å²) in [5.41, 5.74) is 6.56. The second kappa shape index (κ2) is 5.37. The van der Waals surface area contributed by atoms with Crippen LogP contribution < -0.4 is 15.8 Å². The molecule has 0 spiro atoms. The van der Waals surface area contributed by atoms with E-state index in [1.807, 2.05) is 12.1 Å². The lowest BCUT2D eigenvalue weighted by Crippen LogP contribution is -2.31. The van der Waals surface area contributed by atoms with E-state index in [0.29, 0.717) is 29.6 Å². The molecule has 0 bridgehead atoms. The van der Waals surface area contributed by atoms with Gasteiger partial charge in [-0.3, -0.25) is 0 Å². The molecule has 0 radical (unpaired) electrons. The van der Waals surface area contributed by atoms with Gasteiger partial charge >= 0.3 is 0 Å². The van der Waals surface area contributed by atoms with E-state index in [1.54, 1.807) is 0 Å². The molecule has 1 saturated heterocycles. The summed E-state index contributed by atoms with van der Waals surface area (Å²) < 4.78 is 11.6. The Morgan fingerprint density at radius 1 is 1.24 bits per heavy atom. The lowest BCUT2D eigenvalue weighted by atomic mass is 10.1. The summed E-state index contributed by atoms with van der Waals surface area (Å²) in [5.74, 6) is 2.85. The van der Waals surface area contributed by atoms with E-state index < -0.39 is 0 Å². The fraction of sp³-hybridized carbons (Fsp3) is 0.688. The van der Waals surface area contributed by atoms with Crippen molar-refractivity contribution in [2.75, 3.05) is 24.3 Å². The molecule has 2 unspecified atom stereocenters. The van der Waals surface area contributed by atoms with Gasteiger partial charge in [0.05, 0.1) is 24.4 Å². The van der Waals surface area contributed by atoms with Gasteiger partial charge in [-0.25, -0.2) is 0 Å². The first-order valence-corrected chi connectivity index (χ1v) is 8.07. The molecule has 3 N–H and O–H groups in total. The van der Waals surface area contributed by atoms with Crippen LogP contribution in [0, 0.1) is 11.8 Å².